The topological polar surface area (TPSA) is 77.7 Å². The molecule has 1 aromatic carbocycles. The number of pyridine rings is 1. The Morgan fingerprint density at radius 3 is 2.96 bits per heavy atom. The van der Waals surface area contributed by atoms with E-state index in [0.717, 1.165) is 17.0 Å². The van der Waals surface area contributed by atoms with Crippen LogP contribution in [0.25, 0.3) is 6.08 Å². The molecule has 2 aliphatic heterocycles. The molecule has 0 saturated carbocycles. The van der Waals surface area contributed by atoms with Crippen LogP contribution in [0.3, 0.4) is 0 Å². The Morgan fingerprint density at radius 1 is 1.20 bits per heavy atom. The van der Waals surface area contributed by atoms with E-state index in [-0.39, 0.29) is 18.6 Å². The summed E-state index contributed by atoms with van der Waals surface area (Å²) in [6.07, 6.45) is 1.64. The van der Waals surface area contributed by atoms with E-state index in [2.05, 4.69) is 4.98 Å². The Labute approximate surface area is 145 Å². The average Bonchev–Trinajstić information content (AvgIpc) is 2.67. The zero-order chi connectivity index (χ0) is 17.2. The SMILES string of the molecule is Nc1cccc([C@@H]2CN(C(=O)C3=Cc4ccccc4OC3)CCO2)n1. The smallest absolute Gasteiger partial charge is 0.253 e. The molecule has 0 bridgehead atoms. The largest absolute Gasteiger partial charge is 0.488 e. The maximum absolute atomic E-state index is 12.9. The van der Waals surface area contributed by atoms with Gasteiger partial charge in [0, 0.05) is 12.1 Å². The van der Waals surface area contributed by atoms with Gasteiger partial charge in [-0.25, -0.2) is 4.98 Å². The predicted molar refractivity (Wildman–Crippen MR) is 93.8 cm³/mol. The first-order valence-electron chi connectivity index (χ1n) is 8.26. The van der Waals surface area contributed by atoms with E-state index in [1.54, 1.807) is 11.0 Å². The summed E-state index contributed by atoms with van der Waals surface area (Å²) in [5.41, 5.74) is 8.08. The third-order valence-electron chi connectivity index (χ3n) is 4.38. The fourth-order valence-electron chi connectivity index (χ4n) is 3.10. The van der Waals surface area contributed by atoms with Gasteiger partial charge in [-0.05, 0) is 24.3 Å². The summed E-state index contributed by atoms with van der Waals surface area (Å²) < 4.78 is 11.5. The highest BCUT2D eigenvalue weighted by molar-refractivity contribution is 5.99. The zero-order valence-electron chi connectivity index (χ0n) is 13.7. The van der Waals surface area contributed by atoms with Crippen LogP contribution in [0.15, 0.2) is 48.0 Å². The van der Waals surface area contributed by atoms with Gasteiger partial charge in [-0.1, -0.05) is 24.3 Å². The van der Waals surface area contributed by atoms with E-state index in [4.69, 9.17) is 15.2 Å². The summed E-state index contributed by atoms with van der Waals surface area (Å²) in [5, 5.41) is 0. The molecule has 0 unspecified atom stereocenters. The fraction of sp³-hybridized carbons (Fsp3) is 0.263. The van der Waals surface area contributed by atoms with Crippen LogP contribution in [-0.2, 0) is 9.53 Å². The van der Waals surface area contributed by atoms with E-state index < -0.39 is 0 Å². The number of hydrogen-bond acceptors (Lipinski definition) is 5. The third-order valence-corrected chi connectivity index (χ3v) is 4.38. The minimum absolute atomic E-state index is 0.0216. The molecule has 128 valence electrons. The number of rotatable bonds is 2. The minimum atomic E-state index is -0.265. The van der Waals surface area contributed by atoms with Crippen LogP contribution < -0.4 is 10.5 Å². The van der Waals surface area contributed by atoms with Crippen molar-refractivity contribution in [2.45, 2.75) is 6.10 Å². The lowest BCUT2D eigenvalue weighted by molar-refractivity contribution is -0.135. The number of anilines is 1. The first kappa shape index (κ1) is 15.7. The Kier molecular flexibility index (Phi) is 4.11. The molecule has 1 atom stereocenters. The minimum Gasteiger partial charge on any atom is -0.488 e. The normalized spacial score (nSPS) is 19.6. The monoisotopic (exact) mass is 337 g/mol. The second-order valence-corrected chi connectivity index (χ2v) is 6.09. The van der Waals surface area contributed by atoms with Crippen LogP contribution in [0.2, 0.25) is 0 Å². The summed E-state index contributed by atoms with van der Waals surface area (Å²) in [6.45, 7) is 1.76. The van der Waals surface area contributed by atoms with E-state index in [0.29, 0.717) is 31.1 Å². The number of carbonyl (C=O) groups is 1. The molecule has 1 amide bonds. The van der Waals surface area contributed by atoms with Crippen molar-refractivity contribution in [3.63, 3.8) is 0 Å². The van der Waals surface area contributed by atoms with Gasteiger partial charge in [0.15, 0.2) is 0 Å². The number of nitrogens with two attached hydrogens (primary N) is 1. The van der Waals surface area contributed by atoms with Gasteiger partial charge in [-0.15, -0.1) is 0 Å². The molecule has 1 fully saturated rings. The molecule has 6 nitrogen and oxygen atoms in total. The summed E-state index contributed by atoms with van der Waals surface area (Å²) >= 11 is 0. The number of fused-ring (bicyclic) bond motifs is 1. The lowest BCUT2D eigenvalue weighted by atomic mass is 10.1. The van der Waals surface area contributed by atoms with Crippen molar-refractivity contribution in [1.29, 1.82) is 0 Å². The standard InChI is InChI=1S/C19H19N3O3/c20-18-7-3-5-15(21-18)17-11-22(8-9-24-17)19(23)14-10-13-4-1-2-6-16(13)25-12-14/h1-7,10,17H,8-9,11-12H2,(H2,20,21)/t17-/m0/s1. The van der Waals surface area contributed by atoms with Gasteiger partial charge in [0.2, 0.25) is 0 Å². The van der Waals surface area contributed by atoms with Crippen molar-refractivity contribution in [2.75, 3.05) is 32.0 Å². The summed E-state index contributed by atoms with van der Waals surface area (Å²) in [6, 6.07) is 13.2. The number of morpholine rings is 1. The van der Waals surface area contributed by atoms with E-state index in [1.807, 2.05) is 42.5 Å². The summed E-state index contributed by atoms with van der Waals surface area (Å²) in [4.78, 5) is 19.0. The Balaban J connectivity index is 1.52. The highest BCUT2D eigenvalue weighted by Gasteiger charge is 2.29. The molecule has 2 aliphatic rings. The second kappa shape index (κ2) is 6.57. The number of amides is 1. The Bertz CT molecular complexity index is 834. The van der Waals surface area contributed by atoms with Crippen LogP contribution in [0.4, 0.5) is 5.82 Å². The molecule has 3 heterocycles. The van der Waals surface area contributed by atoms with E-state index >= 15 is 0 Å². The average molecular weight is 337 g/mol. The van der Waals surface area contributed by atoms with Crippen molar-refractivity contribution < 1.29 is 14.3 Å². The number of carbonyl (C=O) groups excluding carboxylic acids is 1. The molecule has 2 aromatic rings. The highest BCUT2D eigenvalue weighted by Crippen LogP contribution is 2.28. The van der Waals surface area contributed by atoms with Crippen molar-refractivity contribution in [3.05, 3.63) is 59.3 Å². The van der Waals surface area contributed by atoms with Gasteiger partial charge in [-0.3, -0.25) is 4.79 Å². The molecule has 1 aromatic heterocycles. The van der Waals surface area contributed by atoms with Gasteiger partial charge in [-0.2, -0.15) is 0 Å². The first-order chi connectivity index (χ1) is 12.2. The zero-order valence-corrected chi connectivity index (χ0v) is 13.7. The van der Waals surface area contributed by atoms with Gasteiger partial charge in [0.25, 0.3) is 5.91 Å². The van der Waals surface area contributed by atoms with Crippen LogP contribution in [0, 0.1) is 0 Å². The van der Waals surface area contributed by atoms with Gasteiger partial charge in [0.1, 0.15) is 24.3 Å². The van der Waals surface area contributed by atoms with Crippen molar-refractivity contribution in [3.8, 4) is 5.75 Å². The molecule has 2 N–H and O–H groups in total. The van der Waals surface area contributed by atoms with Gasteiger partial charge < -0.3 is 20.1 Å². The second-order valence-electron chi connectivity index (χ2n) is 6.09. The van der Waals surface area contributed by atoms with Crippen molar-refractivity contribution in [1.82, 2.24) is 9.88 Å². The number of aromatic nitrogens is 1. The fourth-order valence-corrected chi connectivity index (χ4v) is 3.10. The maximum Gasteiger partial charge on any atom is 0.253 e. The predicted octanol–water partition coefficient (Wildman–Crippen LogP) is 2.04. The molecule has 25 heavy (non-hydrogen) atoms. The third kappa shape index (κ3) is 3.21. The lowest BCUT2D eigenvalue weighted by Crippen LogP contribution is -2.44. The molecule has 0 aliphatic carbocycles. The quantitative estimate of drug-likeness (QED) is 0.907. The maximum atomic E-state index is 12.9. The van der Waals surface area contributed by atoms with E-state index in [1.165, 1.54) is 0 Å². The van der Waals surface area contributed by atoms with Crippen LogP contribution in [0.1, 0.15) is 17.4 Å². The van der Waals surface area contributed by atoms with Crippen LogP contribution in [-0.4, -0.2) is 42.1 Å². The molecule has 4 rings (SSSR count). The van der Waals surface area contributed by atoms with Gasteiger partial charge >= 0.3 is 0 Å². The molecule has 0 radical (unpaired) electrons. The first-order valence-corrected chi connectivity index (χ1v) is 8.26. The van der Waals surface area contributed by atoms with Crippen molar-refractivity contribution >= 4 is 17.8 Å². The molecule has 1 saturated heterocycles. The number of nitrogens with zero attached hydrogens (tertiary/aromatic N) is 2. The van der Waals surface area contributed by atoms with Crippen molar-refractivity contribution in [2.24, 2.45) is 0 Å². The van der Waals surface area contributed by atoms with Crippen LogP contribution >= 0.6 is 0 Å². The van der Waals surface area contributed by atoms with E-state index in [9.17, 15) is 4.79 Å². The number of nitrogen functional groups attached to an aromatic ring is 1. The lowest BCUT2D eigenvalue weighted by Gasteiger charge is -2.33. The van der Waals surface area contributed by atoms with Crippen LogP contribution in [0.5, 0.6) is 5.75 Å². The molecule has 0 spiro atoms. The number of ether oxygens (including phenoxy) is 2. The number of benzene rings is 1. The van der Waals surface area contributed by atoms with Gasteiger partial charge in [0.05, 0.1) is 24.4 Å². The summed E-state index contributed by atoms with van der Waals surface area (Å²) in [7, 11) is 0. The molecule has 6 heteroatoms. The Morgan fingerprint density at radius 2 is 2.08 bits per heavy atom. The number of para-hydroxylation sites is 1. The molecular weight excluding hydrogens is 318 g/mol. The highest BCUT2D eigenvalue weighted by atomic mass is 16.5. The summed E-state index contributed by atoms with van der Waals surface area (Å²) in [5.74, 6) is 1.24. The molecular formula is C19H19N3O3. The Hall–Kier alpha value is -2.86. The number of hydrogen-bond donors (Lipinski definition) is 1.